The molecule has 0 aliphatic carbocycles. The molecule has 0 aliphatic rings. The van der Waals surface area contributed by atoms with Gasteiger partial charge in [0.2, 0.25) is 5.91 Å². The second-order valence-corrected chi connectivity index (χ2v) is 5.63. The van der Waals surface area contributed by atoms with Crippen molar-refractivity contribution in [3.05, 3.63) is 35.0 Å². The molecule has 4 nitrogen and oxygen atoms in total. The molecule has 1 aromatic carbocycles. The van der Waals surface area contributed by atoms with Crippen LogP contribution in [0, 0.1) is 5.92 Å². The molecule has 0 bridgehead atoms. The molecular formula is C15H17ClN2O2. The molecule has 0 radical (unpaired) electrons. The molecular weight excluding hydrogens is 276 g/mol. The van der Waals surface area contributed by atoms with E-state index in [-0.39, 0.29) is 11.8 Å². The molecule has 0 saturated carbocycles. The van der Waals surface area contributed by atoms with Gasteiger partial charge in [-0.25, -0.2) is 0 Å². The standard InChI is InChI=1S/C15H17ClN2O2/c1-9(2)7-17-15(20)13-8-18(10(3)19)14-6-11(16)4-5-12(13)14/h4-6,8-9H,7H2,1-3H3,(H,17,20). The van der Waals surface area contributed by atoms with Crippen LogP contribution >= 0.6 is 11.6 Å². The number of hydrogen-bond acceptors (Lipinski definition) is 2. The molecule has 1 N–H and O–H groups in total. The van der Waals surface area contributed by atoms with Gasteiger partial charge in [-0.15, -0.1) is 0 Å². The minimum Gasteiger partial charge on any atom is -0.352 e. The van der Waals surface area contributed by atoms with E-state index in [1.807, 2.05) is 13.8 Å². The van der Waals surface area contributed by atoms with Gasteiger partial charge in [0.05, 0.1) is 11.1 Å². The average molecular weight is 293 g/mol. The lowest BCUT2D eigenvalue weighted by atomic mass is 10.1. The fourth-order valence-corrected chi connectivity index (χ4v) is 2.20. The number of rotatable bonds is 3. The van der Waals surface area contributed by atoms with E-state index in [0.29, 0.717) is 28.6 Å². The van der Waals surface area contributed by atoms with Crippen LogP contribution in [-0.2, 0) is 0 Å². The van der Waals surface area contributed by atoms with Gasteiger partial charge in [-0.05, 0) is 18.1 Å². The quantitative estimate of drug-likeness (QED) is 0.943. The second kappa shape index (κ2) is 5.67. The lowest BCUT2D eigenvalue weighted by Gasteiger charge is -2.06. The number of carbonyl (C=O) groups excluding carboxylic acids is 2. The van der Waals surface area contributed by atoms with Crippen molar-refractivity contribution in [3.63, 3.8) is 0 Å². The third kappa shape index (κ3) is 2.85. The van der Waals surface area contributed by atoms with Crippen LogP contribution in [0.2, 0.25) is 5.02 Å². The van der Waals surface area contributed by atoms with Crippen molar-refractivity contribution < 1.29 is 9.59 Å². The van der Waals surface area contributed by atoms with E-state index in [4.69, 9.17) is 11.6 Å². The summed E-state index contributed by atoms with van der Waals surface area (Å²) in [6.07, 6.45) is 1.57. The summed E-state index contributed by atoms with van der Waals surface area (Å²) >= 11 is 5.96. The Bertz CT molecular complexity index is 674. The third-order valence-corrected chi connectivity index (χ3v) is 3.26. The Morgan fingerprint density at radius 1 is 1.35 bits per heavy atom. The van der Waals surface area contributed by atoms with Gasteiger partial charge in [0.1, 0.15) is 0 Å². The first-order chi connectivity index (χ1) is 9.40. The fraction of sp³-hybridized carbons (Fsp3) is 0.333. The van der Waals surface area contributed by atoms with E-state index < -0.39 is 0 Å². The van der Waals surface area contributed by atoms with Gasteiger partial charge in [-0.2, -0.15) is 0 Å². The summed E-state index contributed by atoms with van der Waals surface area (Å²) in [7, 11) is 0. The van der Waals surface area contributed by atoms with E-state index >= 15 is 0 Å². The van der Waals surface area contributed by atoms with Gasteiger partial charge >= 0.3 is 0 Å². The van der Waals surface area contributed by atoms with Crippen LogP contribution < -0.4 is 5.32 Å². The average Bonchev–Trinajstić information content (AvgIpc) is 2.74. The first kappa shape index (κ1) is 14.6. The zero-order valence-corrected chi connectivity index (χ0v) is 12.5. The van der Waals surface area contributed by atoms with Crippen LogP contribution in [0.4, 0.5) is 0 Å². The van der Waals surface area contributed by atoms with Gasteiger partial charge in [0, 0.05) is 30.1 Å². The van der Waals surface area contributed by atoms with Crippen LogP contribution in [0.3, 0.4) is 0 Å². The van der Waals surface area contributed by atoms with Gasteiger partial charge in [-0.3, -0.25) is 14.2 Å². The number of benzene rings is 1. The molecule has 0 aliphatic heterocycles. The Kier molecular flexibility index (Phi) is 4.14. The van der Waals surface area contributed by atoms with Gasteiger partial charge in [0.25, 0.3) is 5.91 Å². The van der Waals surface area contributed by atoms with E-state index in [9.17, 15) is 9.59 Å². The molecule has 2 rings (SSSR count). The van der Waals surface area contributed by atoms with Crippen LogP contribution in [-0.4, -0.2) is 22.9 Å². The Hall–Kier alpha value is -1.81. The molecule has 106 valence electrons. The van der Waals surface area contributed by atoms with Gasteiger partial charge < -0.3 is 5.32 Å². The number of nitrogens with one attached hydrogen (secondary N) is 1. The minimum atomic E-state index is -0.175. The molecule has 1 aromatic heterocycles. The first-order valence-electron chi connectivity index (χ1n) is 6.50. The highest BCUT2D eigenvalue weighted by Gasteiger charge is 2.17. The van der Waals surface area contributed by atoms with Crippen LogP contribution in [0.15, 0.2) is 24.4 Å². The van der Waals surface area contributed by atoms with Gasteiger partial charge in [-0.1, -0.05) is 31.5 Å². The normalized spacial score (nSPS) is 11.1. The number of nitrogens with zero attached hydrogens (tertiary/aromatic N) is 1. The van der Waals surface area contributed by atoms with E-state index in [2.05, 4.69) is 5.32 Å². The summed E-state index contributed by atoms with van der Waals surface area (Å²) in [5, 5.41) is 4.12. The second-order valence-electron chi connectivity index (χ2n) is 5.20. The lowest BCUT2D eigenvalue weighted by Crippen LogP contribution is -2.27. The summed E-state index contributed by atoms with van der Waals surface area (Å²) in [5.74, 6) is 0.0424. The van der Waals surface area contributed by atoms with Crippen LogP contribution in [0.25, 0.3) is 10.9 Å². The summed E-state index contributed by atoms with van der Waals surface area (Å²) in [6, 6.07) is 5.17. The van der Waals surface area contributed by atoms with Crippen molar-refractivity contribution in [1.29, 1.82) is 0 Å². The van der Waals surface area contributed by atoms with Crippen molar-refractivity contribution in [2.45, 2.75) is 20.8 Å². The molecule has 2 aromatic rings. The van der Waals surface area contributed by atoms with E-state index in [0.717, 1.165) is 5.39 Å². The number of halogens is 1. The lowest BCUT2D eigenvalue weighted by molar-refractivity contribution is 0.0941. The molecule has 1 heterocycles. The summed E-state index contributed by atoms with van der Waals surface area (Å²) in [5.41, 5.74) is 1.15. The Morgan fingerprint density at radius 2 is 2.05 bits per heavy atom. The molecule has 1 amide bonds. The SMILES string of the molecule is CC(=O)n1cc(C(=O)NCC(C)C)c2ccc(Cl)cc21. The number of carbonyl (C=O) groups is 2. The summed E-state index contributed by atoms with van der Waals surface area (Å²) in [6.45, 7) is 6.10. The molecule has 0 fully saturated rings. The molecule has 0 saturated heterocycles. The number of amides is 1. The third-order valence-electron chi connectivity index (χ3n) is 3.02. The van der Waals surface area contributed by atoms with Crippen molar-refractivity contribution >= 4 is 34.3 Å². The van der Waals surface area contributed by atoms with E-state index in [1.165, 1.54) is 11.5 Å². The maximum absolute atomic E-state index is 12.2. The summed E-state index contributed by atoms with van der Waals surface area (Å²) in [4.78, 5) is 23.9. The zero-order chi connectivity index (χ0) is 14.9. The Morgan fingerprint density at radius 3 is 2.65 bits per heavy atom. The largest absolute Gasteiger partial charge is 0.352 e. The number of hydrogen-bond donors (Lipinski definition) is 1. The first-order valence-corrected chi connectivity index (χ1v) is 6.87. The fourth-order valence-electron chi connectivity index (χ4n) is 2.03. The molecule has 5 heteroatoms. The van der Waals surface area contributed by atoms with Crippen molar-refractivity contribution in [2.24, 2.45) is 5.92 Å². The molecule has 0 unspecified atom stereocenters. The van der Waals surface area contributed by atoms with E-state index in [1.54, 1.807) is 24.4 Å². The molecule has 20 heavy (non-hydrogen) atoms. The smallest absolute Gasteiger partial charge is 0.253 e. The zero-order valence-electron chi connectivity index (χ0n) is 11.7. The Labute approximate surface area is 122 Å². The maximum Gasteiger partial charge on any atom is 0.253 e. The van der Waals surface area contributed by atoms with Gasteiger partial charge in [0.15, 0.2) is 0 Å². The highest BCUT2D eigenvalue weighted by atomic mass is 35.5. The molecule has 0 atom stereocenters. The minimum absolute atomic E-state index is 0.153. The highest BCUT2D eigenvalue weighted by Crippen LogP contribution is 2.25. The summed E-state index contributed by atoms with van der Waals surface area (Å²) < 4.78 is 1.45. The predicted octanol–water partition coefficient (Wildman–Crippen LogP) is 3.34. The van der Waals surface area contributed by atoms with Crippen molar-refractivity contribution in [2.75, 3.05) is 6.54 Å². The van der Waals surface area contributed by atoms with Crippen molar-refractivity contribution in [3.8, 4) is 0 Å². The predicted molar refractivity (Wildman–Crippen MR) is 80.4 cm³/mol. The molecule has 0 spiro atoms. The highest BCUT2D eigenvalue weighted by molar-refractivity contribution is 6.31. The Balaban J connectivity index is 2.48. The topological polar surface area (TPSA) is 51.1 Å². The van der Waals surface area contributed by atoms with Crippen molar-refractivity contribution in [1.82, 2.24) is 9.88 Å². The maximum atomic E-state index is 12.2. The number of aromatic nitrogens is 1. The monoisotopic (exact) mass is 292 g/mol. The van der Waals surface area contributed by atoms with Crippen LogP contribution in [0.1, 0.15) is 35.9 Å². The van der Waals surface area contributed by atoms with Crippen LogP contribution in [0.5, 0.6) is 0 Å². The number of fused-ring (bicyclic) bond motifs is 1.